The van der Waals surface area contributed by atoms with E-state index < -0.39 is 6.10 Å². The molecule has 1 aliphatic carbocycles. The Morgan fingerprint density at radius 2 is 1.83 bits per heavy atom. The fourth-order valence-corrected chi connectivity index (χ4v) is 4.87. The highest BCUT2D eigenvalue weighted by Gasteiger charge is 2.30. The molecular weight excluding hydrogens is 454 g/mol. The molecule has 36 heavy (non-hydrogen) atoms. The molecule has 0 amide bonds. The number of hydrogen-bond donors (Lipinski definition) is 2. The Morgan fingerprint density at radius 1 is 1.03 bits per heavy atom. The van der Waals surface area contributed by atoms with E-state index in [9.17, 15) is 5.11 Å². The second kappa shape index (κ2) is 9.87. The van der Waals surface area contributed by atoms with Crippen molar-refractivity contribution < 1.29 is 14.6 Å². The van der Waals surface area contributed by atoms with Crippen LogP contribution in [0.2, 0.25) is 0 Å². The molecule has 0 radical (unpaired) electrons. The van der Waals surface area contributed by atoms with Gasteiger partial charge in [0.25, 0.3) is 0 Å². The molecule has 2 aliphatic rings. The van der Waals surface area contributed by atoms with Crippen molar-refractivity contribution >= 4 is 22.4 Å². The molecule has 1 atom stereocenters. The first-order valence-electron chi connectivity index (χ1n) is 12.8. The van der Waals surface area contributed by atoms with Crippen molar-refractivity contribution in [2.45, 2.75) is 57.1 Å². The highest BCUT2D eigenvalue weighted by atomic mass is 16.5. The van der Waals surface area contributed by atoms with Gasteiger partial charge in [-0.1, -0.05) is 0 Å². The third-order valence-electron chi connectivity index (χ3n) is 6.77. The van der Waals surface area contributed by atoms with Crippen molar-refractivity contribution in [1.82, 2.24) is 19.7 Å². The Labute approximate surface area is 210 Å². The number of nitrogens with zero attached hydrogens (tertiary/aromatic N) is 4. The van der Waals surface area contributed by atoms with E-state index in [4.69, 9.17) is 14.6 Å². The number of anilines is 2. The van der Waals surface area contributed by atoms with Gasteiger partial charge in [0.15, 0.2) is 0 Å². The molecule has 8 heteroatoms. The summed E-state index contributed by atoms with van der Waals surface area (Å²) in [6.45, 7) is 3.35. The van der Waals surface area contributed by atoms with Crippen LogP contribution < -0.4 is 10.1 Å². The van der Waals surface area contributed by atoms with E-state index in [1.54, 1.807) is 19.3 Å². The van der Waals surface area contributed by atoms with Crippen molar-refractivity contribution in [1.29, 1.82) is 0 Å². The first-order chi connectivity index (χ1) is 17.6. The summed E-state index contributed by atoms with van der Waals surface area (Å²) in [5.41, 5.74) is 4.05. The summed E-state index contributed by atoms with van der Waals surface area (Å²) < 4.78 is 14.1. The van der Waals surface area contributed by atoms with Crippen molar-refractivity contribution in [3.63, 3.8) is 0 Å². The minimum absolute atomic E-state index is 0.423. The van der Waals surface area contributed by atoms with E-state index >= 15 is 0 Å². The maximum Gasteiger partial charge on any atom is 0.134 e. The van der Waals surface area contributed by atoms with Gasteiger partial charge in [0.2, 0.25) is 0 Å². The lowest BCUT2D eigenvalue weighted by Crippen LogP contribution is -2.15. The number of nitrogens with one attached hydrogen (secondary N) is 1. The second-order valence-electron chi connectivity index (χ2n) is 9.82. The Morgan fingerprint density at radius 3 is 2.64 bits per heavy atom. The van der Waals surface area contributed by atoms with Gasteiger partial charge in [-0.25, -0.2) is 4.98 Å². The Kier molecular flexibility index (Phi) is 6.29. The molecule has 1 saturated heterocycles. The zero-order valence-corrected chi connectivity index (χ0v) is 20.4. The predicted octanol–water partition coefficient (Wildman–Crippen LogP) is 5.51. The van der Waals surface area contributed by atoms with Crippen LogP contribution in [-0.2, 0) is 11.2 Å². The number of rotatable bonds is 8. The molecule has 2 N–H and O–H groups in total. The summed E-state index contributed by atoms with van der Waals surface area (Å²) in [6.07, 6.45) is 7.94. The zero-order valence-electron chi connectivity index (χ0n) is 20.4. The van der Waals surface area contributed by atoms with E-state index in [0.29, 0.717) is 29.9 Å². The smallest absolute Gasteiger partial charge is 0.134 e. The van der Waals surface area contributed by atoms with Gasteiger partial charge in [-0.15, -0.1) is 0 Å². The van der Waals surface area contributed by atoms with Gasteiger partial charge in [-0.2, -0.15) is 5.10 Å². The molecule has 1 aromatic carbocycles. The van der Waals surface area contributed by atoms with Crippen LogP contribution in [0.1, 0.15) is 56.0 Å². The minimum Gasteiger partial charge on any atom is -0.457 e. The van der Waals surface area contributed by atoms with Crippen LogP contribution in [0.15, 0.2) is 54.9 Å². The fraction of sp³-hybridized carbons (Fsp3) is 0.393. The summed E-state index contributed by atoms with van der Waals surface area (Å²) in [7, 11) is 0. The number of aliphatic hydroxyl groups excluding tert-OH is 1. The van der Waals surface area contributed by atoms with E-state index in [-0.39, 0.29) is 0 Å². The lowest BCUT2D eigenvalue weighted by atomic mass is 9.94. The number of aliphatic hydroxyl groups is 1. The van der Waals surface area contributed by atoms with Crippen LogP contribution in [0.25, 0.3) is 10.9 Å². The number of hydrogen-bond acceptors (Lipinski definition) is 7. The molecule has 1 saturated carbocycles. The molecule has 0 bridgehead atoms. The predicted molar refractivity (Wildman–Crippen MR) is 138 cm³/mol. The number of pyridine rings is 2. The first kappa shape index (κ1) is 22.9. The molecule has 0 spiro atoms. The molecule has 2 fully saturated rings. The van der Waals surface area contributed by atoms with Gasteiger partial charge >= 0.3 is 0 Å². The van der Waals surface area contributed by atoms with Gasteiger partial charge in [0, 0.05) is 60.8 Å². The lowest BCUT2D eigenvalue weighted by molar-refractivity contribution is 0.0846. The van der Waals surface area contributed by atoms with Crippen molar-refractivity contribution in [2.75, 3.05) is 18.5 Å². The maximum absolute atomic E-state index is 9.65. The van der Waals surface area contributed by atoms with Crippen LogP contribution in [-0.4, -0.2) is 44.2 Å². The maximum atomic E-state index is 9.65. The molecule has 4 aromatic rings. The number of aromatic nitrogens is 4. The fourth-order valence-electron chi connectivity index (χ4n) is 4.87. The molecule has 6 rings (SSSR count). The molecule has 1 aliphatic heterocycles. The Balaban J connectivity index is 1.24. The molecular formula is C28H31N5O3. The van der Waals surface area contributed by atoms with Gasteiger partial charge in [-0.3, -0.25) is 9.67 Å². The average molecular weight is 486 g/mol. The minimum atomic E-state index is -0.441. The van der Waals surface area contributed by atoms with Crippen molar-refractivity contribution in [2.24, 2.45) is 0 Å². The summed E-state index contributed by atoms with van der Waals surface area (Å²) in [5.74, 6) is 2.58. The average Bonchev–Trinajstić information content (AvgIpc) is 3.65. The third kappa shape index (κ3) is 5.05. The molecule has 3 aromatic heterocycles. The van der Waals surface area contributed by atoms with Crippen LogP contribution in [0, 0.1) is 0 Å². The topological polar surface area (TPSA) is 94.3 Å². The SMILES string of the molecule is CC(O)Cc1cc(Nc2cc(Oc3ccc4c(c3)c(C3CCOCC3)nn4C3CC3)ccn2)ccn1. The van der Waals surface area contributed by atoms with Gasteiger partial charge in [-0.05, 0) is 69.0 Å². The Hall–Kier alpha value is -3.49. The quantitative estimate of drug-likeness (QED) is 0.340. The molecule has 4 heterocycles. The lowest BCUT2D eigenvalue weighted by Gasteiger charge is -2.20. The second-order valence-corrected chi connectivity index (χ2v) is 9.82. The zero-order chi connectivity index (χ0) is 24.5. The summed E-state index contributed by atoms with van der Waals surface area (Å²) >= 11 is 0. The largest absolute Gasteiger partial charge is 0.457 e. The highest BCUT2D eigenvalue weighted by Crippen LogP contribution is 2.41. The van der Waals surface area contributed by atoms with Crippen LogP contribution in [0.4, 0.5) is 11.5 Å². The number of ether oxygens (including phenoxy) is 2. The standard InChI is InChI=1S/C28H31N5O3/c1-18(34)14-21-15-20(6-10-29-21)31-27-17-24(7-11-30-27)36-23-4-5-26-25(16-23)28(19-8-12-35-13-9-19)32-33(26)22-2-3-22/h4-7,10-11,15-19,22,34H,2-3,8-9,12-14H2,1H3,(H,29,30,31). The first-order valence-corrected chi connectivity index (χ1v) is 12.8. The van der Waals surface area contributed by atoms with Gasteiger partial charge in [0.05, 0.1) is 23.4 Å². The van der Waals surface area contributed by atoms with Crippen LogP contribution in [0.5, 0.6) is 11.5 Å². The van der Waals surface area contributed by atoms with Gasteiger partial charge in [0.1, 0.15) is 17.3 Å². The van der Waals surface area contributed by atoms with Gasteiger partial charge < -0.3 is 19.9 Å². The van der Waals surface area contributed by atoms with Crippen LogP contribution in [0.3, 0.4) is 0 Å². The summed E-state index contributed by atoms with van der Waals surface area (Å²) in [6, 6.07) is 14.4. The summed E-state index contributed by atoms with van der Waals surface area (Å²) in [5, 5.41) is 19.2. The number of benzene rings is 1. The number of fused-ring (bicyclic) bond motifs is 1. The van der Waals surface area contributed by atoms with E-state index in [1.807, 2.05) is 30.3 Å². The molecule has 1 unspecified atom stereocenters. The highest BCUT2D eigenvalue weighted by molar-refractivity contribution is 5.84. The molecule has 186 valence electrons. The van der Waals surface area contributed by atoms with E-state index in [2.05, 4.69) is 32.1 Å². The molecule has 8 nitrogen and oxygen atoms in total. The van der Waals surface area contributed by atoms with Crippen molar-refractivity contribution in [3.05, 3.63) is 66.2 Å². The monoisotopic (exact) mass is 485 g/mol. The Bertz CT molecular complexity index is 1360. The third-order valence-corrected chi connectivity index (χ3v) is 6.77. The summed E-state index contributed by atoms with van der Waals surface area (Å²) in [4.78, 5) is 8.75. The normalized spacial score (nSPS) is 17.3. The van der Waals surface area contributed by atoms with E-state index in [1.165, 1.54) is 29.4 Å². The van der Waals surface area contributed by atoms with E-state index in [0.717, 1.165) is 43.2 Å². The van der Waals surface area contributed by atoms with Crippen LogP contribution >= 0.6 is 0 Å². The van der Waals surface area contributed by atoms with Crippen molar-refractivity contribution in [3.8, 4) is 11.5 Å².